The summed E-state index contributed by atoms with van der Waals surface area (Å²) in [7, 11) is -2.23. The number of unbranched alkanes of at least 4 members (excludes halogenated alkanes) is 2. The van der Waals surface area contributed by atoms with Crippen molar-refractivity contribution in [3.05, 3.63) is 35.9 Å². The molecule has 1 aliphatic rings. The Kier molecular flexibility index (Phi) is 3.35. The average molecular weight is 245 g/mol. The van der Waals surface area contributed by atoms with Gasteiger partial charge in [-0.3, -0.25) is 0 Å². The smallest absolute Gasteiger partial charge is 0.0778 e. The second kappa shape index (κ2) is 4.77. The second-order valence-electron chi connectivity index (χ2n) is 4.08. The molecule has 0 fully saturated rings. The lowest BCUT2D eigenvalue weighted by molar-refractivity contribution is 0.682. The zero-order valence-electron chi connectivity index (χ0n) is 9.85. The van der Waals surface area contributed by atoms with Crippen LogP contribution in [0.5, 0.6) is 0 Å². The quantitative estimate of drug-likeness (QED) is 0.593. The molecule has 0 aromatic heterocycles. The van der Waals surface area contributed by atoms with Crippen molar-refractivity contribution in [2.45, 2.75) is 24.2 Å². The minimum Gasteiger partial charge on any atom is -0.245 e. The van der Waals surface area contributed by atoms with E-state index < -0.39 is 9.73 Å². The molecule has 0 amide bonds. The number of nitrogens with zero attached hydrogens (tertiary/aromatic N) is 1. The fourth-order valence-electron chi connectivity index (χ4n) is 1.88. The van der Waals surface area contributed by atoms with Crippen LogP contribution in [0.2, 0.25) is 0 Å². The monoisotopic (exact) mass is 245 g/mol. The van der Waals surface area contributed by atoms with Crippen molar-refractivity contribution < 1.29 is 4.21 Å². The number of terminal acetylenes is 1. The molecule has 1 heterocycles. The number of rotatable bonds is 3. The summed E-state index contributed by atoms with van der Waals surface area (Å²) in [4.78, 5) is 0.850. The summed E-state index contributed by atoms with van der Waals surface area (Å²) in [5, 5.41) is 0. The fourth-order valence-corrected chi connectivity index (χ4v) is 3.44. The first-order valence-electron chi connectivity index (χ1n) is 5.60. The molecule has 1 aromatic carbocycles. The molecule has 0 bridgehead atoms. The molecule has 3 heteroatoms. The SMILES string of the molecule is C#CCCC/C=C1\N=S(C)(=O)c2ccccc21. The third-order valence-corrected chi connectivity index (χ3v) is 4.42. The molecular weight excluding hydrogens is 230 g/mol. The Morgan fingerprint density at radius 3 is 3.00 bits per heavy atom. The van der Waals surface area contributed by atoms with Gasteiger partial charge in [0.2, 0.25) is 0 Å². The number of benzene rings is 1. The van der Waals surface area contributed by atoms with Gasteiger partial charge in [-0.15, -0.1) is 12.3 Å². The topological polar surface area (TPSA) is 29.4 Å². The number of fused-ring (bicyclic) bond motifs is 1. The van der Waals surface area contributed by atoms with E-state index in [4.69, 9.17) is 6.42 Å². The Morgan fingerprint density at radius 2 is 2.24 bits per heavy atom. The van der Waals surface area contributed by atoms with Gasteiger partial charge in [0.15, 0.2) is 0 Å². The van der Waals surface area contributed by atoms with E-state index >= 15 is 0 Å². The molecule has 0 spiro atoms. The predicted molar refractivity (Wildman–Crippen MR) is 71.9 cm³/mol. The Hall–Kier alpha value is -1.53. The van der Waals surface area contributed by atoms with Crippen molar-refractivity contribution in [1.29, 1.82) is 0 Å². The predicted octanol–water partition coefficient (Wildman–Crippen LogP) is 3.30. The van der Waals surface area contributed by atoms with Gasteiger partial charge in [0, 0.05) is 18.2 Å². The first-order chi connectivity index (χ1) is 8.15. The van der Waals surface area contributed by atoms with Gasteiger partial charge in [0.05, 0.1) is 20.3 Å². The van der Waals surface area contributed by atoms with E-state index in [0.717, 1.165) is 35.4 Å². The zero-order valence-corrected chi connectivity index (χ0v) is 10.7. The molecular formula is C14H15NOS. The van der Waals surface area contributed by atoms with Crippen LogP contribution in [0.25, 0.3) is 5.70 Å². The lowest BCUT2D eigenvalue weighted by Gasteiger charge is -1.99. The van der Waals surface area contributed by atoms with Crippen LogP contribution in [0.3, 0.4) is 0 Å². The first kappa shape index (κ1) is 11.9. The summed E-state index contributed by atoms with van der Waals surface area (Å²) in [5.74, 6) is 2.61. The van der Waals surface area contributed by atoms with E-state index in [-0.39, 0.29) is 0 Å². The van der Waals surface area contributed by atoms with Crippen LogP contribution >= 0.6 is 0 Å². The summed E-state index contributed by atoms with van der Waals surface area (Å²) in [6.45, 7) is 0. The van der Waals surface area contributed by atoms with Crippen LogP contribution in [0.15, 0.2) is 39.6 Å². The summed E-state index contributed by atoms with van der Waals surface area (Å²) < 4.78 is 16.6. The standard InChI is InChI=1S/C14H15NOS/c1-3-4-5-6-10-13-12-9-7-8-11-14(12)17(2,16)15-13/h1,7-11H,4-6H2,2H3/b13-10-. The lowest BCUT2D eigenvalue weighted by atomic mass is 10.1. The second-order valence-corrected chi connectivity index (χ2v) is 6.30. The van der Waals surface area contributed by atoms with E-state index in [1.807, 2.05) is 30.3 Å². The molecule has 17 heavy (non-hydrogen) atoms. The summed E-state index contributed by atoms with van der Waals surface area (Å²) in [6, 6.07) is 7.72. The maximum absolute atomic E-state index is 12.3. The van der Waals surface area contributed by atoms with Gasteiger partial charge >= 0.3 is 0 Å². The maximum atomic E-state index is 12.3. The molecule has 88 valence electrons. The highest BCUT2D eigenvalue weighted by Crippen LogP contribution is 2.34. The summed E-state index contributed by atoms with van der Waals surface area (Å²) in [5.41, 5.74) is 1.85. The molecule has 0 aliphatic carbocycles. The van der Waals surface area contributed by atoms with E-state index in [1.165, 1.54) is 0 Å². The minimum atomic E-state index is -2.23. The molecule has 1 aliphatic heterocycles. The highest BCUT2D eigenvalue weighted by molar-refractivity contribution is 7.93. The van der Waals surface area contributed by atoms with Gasteiger partial charge in [-0.25, -0.2) is 4.21 Å². The molecule has 0 saturated heterocycles. The molecule has 2 rings (SSSR count). The Bertz CT molecular complexity index is 613. The highest BCUT2D eigenvalue weighted by Gasteiger charge is 2.21. The van der Waals surface area contributed by atoms with Gasteiger partial charge in [-0.05, 0) is 18.9 Å². The zero-order chi connectivity index (χ0) is 12.3. The van der Waals surface area contributed by atoms with Crippen LogP contribution in [0.4, 0.5) is 0 Å². The van der Waals surface area contributed by atoms with Gasteiger partial charge in [-0.1, -0.05) is 24.3 Å². The van der Waals surface area contributed by atoms with Gasteiger partial charge in [-0.2, -0.15) is 4.36 Å². The molecule has 0 saturated carbocycles. The fraction of sp³-hybridized carbons (Fsp3) is 0.286. The van der Waals surface area contributed by atoms with Gasteiger partial charge < -0.3 is 0 Å². The van der Waals surface area contributed by atoms with E-state index in [0.29, 0.717) is 0 Å². The van der Waals surface area contributed by atoms with Gasteiger partial charge in [0.1, 0.15) is 0 Å². The minimum absolute atomic E-state index is 0.771. The first-order valence-corrected chi connectivity index (χ1v) is 7.52. The van der Waals surface area contributed by atoms with Crippen molar-refractivity contribution in [2.24, 2.45) is 4.36 Å². The van der Waals surface area contributed by atoms with E-state index in [9.17, 15) is 4.21 Å². The maximum Gasteiger partial charge on any atom is 0.0778 e. The van der Waals surface area contributed by atoms with Crippen LogP contribution in [0, 0.1) is 12.3 Å². The number of allylic oxidation sites excluding steroid dienone is 1. The Balaban J connectivity index is 2.31. The molecule has 0 radical (unpaired) electrons. The molecule has 2 nitrogen and oxygen atoms in total. The summed E-state index contributed by atoms with van der Waals surface area (Å²) in [6.07, 6.45) is 11.5. The normalized spacial score (nSPS) is 24.1. The van der Waals surface area contributed by atoms with Crippen molar-refractivity contribution in [3.63, 3.8) is 0 Å². The highest BCUT2D eigenvalue weighted by atomic mass is 32.2. The van der Waals surface area contributed by atoms with Crippen LogP contribution < -0.4 is 0 Å². The third kappa shape index (κ3) is 2.42. The Morgan fingerprint density at radius 1 is 1.47 bits per heavy atom. The number of hydrogen-bond acceptors (Lipinski definition) is 2. The van der Waals surface area contributed by atoms with E-state index in [2.05, 4.69) is 10.3 Å². The molecule has 0 N–H and O–H groups in total. The van der Waals surface area contributed by atoms with Crippen LogP contribution in [-0.4, -0.2) is 10.5 Å². The van der Waals surface area contributed by atoms with Crippen molar-refractivity contribution in [3.8, 4) is 12.3 Å². The Labute approximate surface area is 103 Å². The molecule has 1 aromatic rings. The van der Waals surface area contributed by atoms with Crippen LogP contribution in [-0.2, 0) is 9.73 Å². The molecule has 1 unspecified atom stereocenters. The van der Waals surface area contributed by atoms with Crippen molar-refractivity contribution in [1.82, 2.24) is 0 Å². The van der Waals surface area contributed by atoms with Crippen LogP contribution in [0.1, 0.15) is 24.8 Å². The number of hydrogen-bond donors (Lipinski definition) is 0. The van der Waals surface area contributed by atoms with Gasteiger partial charge in [0.25, 0.3) is 0 Å². The average Bonchev–Trinajstić information content (AvgIpc) is 2.58. The lowest BCUT2D eigenvalue weighted by Crippen LogP contribution is -1.92. The third-order valence-electron chi connectivity index (χ3n) is 2.71. The van der Waals surface area contributed by atoms with Crippen molar-refractivity contribution in [2.75, 3.05) is 6.26 Å². The summed E-state index contributed by atoms with van der Waals surface area (Å²) >= 11 is 0. The largest absolute Gasteiger partial charge is 0.245 e. The van der Waals surface area contributed by atoms with Crippen molar-refractivity contribution >= 4 is 15.4 Å². The molecule has 1 atom stereocenters. The van der Waals surface area contributed by atoms with E-state index in [1.54, 1.807) is 6.26 Å².